The number of rotatable bonds is 3. The molecule has 0 spiro atoms. The Morgan fingerprint density at radius 1 is 1.10 bits per heavy atom. The Labute approximate surface area is 178 Å². The normalized spacial score (nSPS) is 15.7. The molecule has 1 atom stereocenters. The highest BCUT2D eigenvalue weighted by atomic mass is 19.1. The Hall–Kier alpha value is -3.81. The van der Waals surface area contributed by atoms with Gasteiger partial charge in [-0.2, -0.15) is 5.10 Å². The molecule has 1 amide bonds. The number of hydrogen-bond donors (Lipinski definition) is 0. The van der Waals surface area contributed by atoms with Gasteiger partial charge in [-0.25, -0.2) is 14.1 Å². The van der Waals surface area contributed by atoms with E-state index >= 15 is 0 Å². The molecule has 3 heterocycles. The molecular weight excluding hydrogens is 395 g/mol. The van der Waals surface area contributed by atoms with Crippen LogP contribution in [-0.2, 0) is 13.6 Å². The van der Waals surface area contributed by atoms with Gasteiger partial charge in [0.2, 0.25) is 5.82 Å². The van der Waals surface area contributed by atoms with Crippen molar-refractivity contribution in [2.24, 2.45) is 7.05 Å². The van der Waals surface area contributed by atoms with Crippen LogP contribution in [0.4, 0.5) is 4.39 Å². The molecular formula is C23H21FN6O. The Bertz CT molecular complexity index is 1260. The first-order valence-electron chi connectivity index (χ1n) is 10.0. The van der Waals surface area contributed by atoms with Gasteiger partial charge in [-0.05, 0) is 42.3 Å². The molecule has 5 rings (SSSR count). The van der Waals surface area contributed by atoms with Crippen LogP contribution in [0.5, 0.6) is 0 Å². The highest BCUT2D eigenvalue weighted by Crippen LogP contribution is 2.35. The Kier molecular flexibility index (Phi) is 4.62. The number of benzene rings is 2. The fraction of sp³-hybridized carbons (Fsp3) is 0.217. The van der Waals surface area contributed by atoms with E-state index in [4.69, 9.17) is 0 Å². The van der Waals surface area contributed by atoms with Gasteiger partial charge in [-0.15, -0.1) is 5.10 Å². The number of hydrogen-bond acceptors (Lipinski definition) is 4. The molecule has 2 aromatic carbocycles. The van der Waals surface area contributed by atoms with E-state index in [9.17, 15) is 9.18 Å². The first-order valence-corrected chi connectivity index (χ1v) is 10.0. The van der Waals surface area contributed by atoms with Crippen molar-refractivity contribution < 1.29 is 9.18 Å². The van der Waals surface area contributed by atoms with E-state index in [0.717, 1.165) is 16.8 Å². The van der Waals surface area contributed by atoms with Crippen LogP contribution >= 0.6 is 0 Å². The maximum absolute atomic E-state index is 13.3. The molecule has 0 N–H and O–H groups in total. The number of carbonyl (C=O) groups excluding carboxylic acids is 1. The zero-order chi connectivity index (χ0) is 21.5. The second-order valence-corrected chi connectivity index (χ2v) is 7.74. The largest absolute Gasteiger partial charge is 0.331 e. The maximum atomic E-state index is 13.3. The summed E-state index contributed by atoms with van der Waals surface area (Å²) in [5.74, 6) is -0.419. The SMILES string of the molecule is Cc1c(C2CN(C(=O)c3ncn(-c4ccc(F)cc4)n3)Cc3ccccc32)cnn1C. The van der Waals surface area contributed by atoms with Crippen LogP contribution in [0.1, 0.15) is 38.9 Å². The average Bonchev–Trinajstić information content (AvgIpc) is 3.40. The summed E-state index contributed by atoms with van der Waals surface area (Å²) < 4.78 is 16.5. The molecule has 0 saturated heterocycles. The summed E-state index contributed by atoms with van der Waals surface area (Å²) in [5.41, 5.74) is 5.15. The van der Waals surface area contributed by atoms with E-state index in [2.05, 4.69) is 27.3 Å². The van der Waals surface area contributed by atoms with Crippen LogP contribution in [0, 0.1) is 12.7 Å². The Balaban J connectivity index is 1.46. The third-order valence-corrected chi connectivity index (χ3v) is 5.90. The Morgan fingerprint density at radius 2 is 1.87 bits per heavy atom. The molecule has 156 valence electrons. The van der Waals surface area contributed by atoms with Gasteiger partial charge in [0, 0.05) is 37.3 Å². The van der Waals surface area contributed by atoms with Gasteiger partial charge in [0.25, 0.3) is 5.91 Å². The minimum absolute atomic E-state index is 0.0294. The minimum Gasteiger partial charge on any atom is -0.331 e. The van der Waals surface area contributed by atoms with Crippen molar-refractivity contribution in [3.05, 3.63) is 95.1 Å². The lowest BCUT2D eigenvalue weighted by Gasteiger charge is -2.34. The monoisotopic (exact) mass is 416 g/mol. The second kappa shape index (κ2) is 7.46. The number of aryl methyl sites for hydroxylation is 1. The van der Waals surface area contributed by atoms with Crippen molar-refractivity contribution in [2.45, 2.75) is 19.4 Å². The molecule has 0 saturated carbocycles. The zero-order valence-corrected chi connectivity index (χ0v) is 17.2. The lowest BCUT2D eigenvalue weighted by molar-refractivity contribution is 0.0712. The average molecular weight is 416 g/mol. The van der Waals surface area contributed by atoms with Crippen LogP contribution < -0.4 is 0 Å². The van der Waals surface area contributed by atoms with Crippen LogP contribution in [0.2, 0.25) is 0 Å². The van der Waals surface area contributed by atoms with Gasteiger partial charge in [-0.3, -0.25) is 9.48 Å². The molecule has 0 radical (unpaired) electrons. The third kappa shape index (κ3) is 3.39. The molecule has 0 aliphatic carbocycles. The molecule has 1 unspecified atom stereocenters. The van der Waals surface area contributed by atoms with Crippen molar-refractivity contribution in [3.63, 3.8) is 0 Å². The molecule has 7 nitrogen and oxygen atoms in total. The molecule has 1 aliphatic heterocycles. The molecule has 1 aliphatic rings. The van der Waals surface area contributed by atoms with Crippen molar-refractivity contribution in [2.75, 3.05) is 6.54 Å². The Morgan fingerprint density at radius 3 is 2.61 bits per heavy atom. The highest BCUT2D eigenvalue weighted by Gasteiger charge is 2.32. The quantitative estimate of drug-likeness (QED) is 0.514. The van der Waals surface area contributed by atoms with E-state index in [0.29, 0.717) is 18.8 Å². The van der Waals surface area contributed by atoms with Gasteiger partial charge in [0.05, 0.1) is 11.9 Å². The van der Waals surface area contributed by atoms with Gasteiger partial charge in [0.15, 0.2) is 0 Å². The van der Waals surface area contributed by atoms with E-state index in [1.807, 2.05) is 37.0 Å². The lowest BCUT2D eigenvalue weighted by Crippen LogP contribution is -2.39. The van der Waals surface area contributed by atoms with Crippen molar-refractivity contribution in [1.82, 2.24) is 29.4 Å². The topological polar surface area (TPSA) is 68.8 Å². The molecule has 0 bridgehead atoms. The number of halogens is 1. The number of carbonyl (C=O) groups is 1. The number of amides is 1. The third-order valence-electron chi connectivity index (χ3n) is 5.90. The predicted molar refractivity (Wildman–Crippen MR) is 112 cm³/mol. The number of aromatic nitrogens is 5. The minimum atomic E-state index is -0.330. The second-order valence-electron chi connectivity index (χ2n) is 7.74. The highest BCUT2D eigenvalue weighted by molar-refractivity contribution is 5.90. The van der Waals surface area contributed by atoms with Crippen LogP contribution in [0.3, 0.4) is 0 Å². The van der Waals surface area contributed by atoms with E-state index in [1.165, 1.54) is 28.7 Å². The van der Waals surface area contributed by atoms with E-state index in [1.54, 1.807) is 17.0 Å². The zero-order valence-electron chi connectivity index (χ0n) is 17.2. The fourth-order valence-corrected chi connectivity index (χ4v) is 4.11. The van der Waals surface area contributed by atoms with E-state index in [-0.39, 0.29) is 23.5 Å². The van der Waals surface area contributed by atoms with E-state index < -0.39 is 0 Å². The molecule has 8 heteroatoms. The van der Waals surface area contributed by atoms with Gasteiger partial charge >= 0.3 is 0 Å². The van der Waals surface area contributed by atoms with Gasteiger partial charge in [0.1, 0.15) is 12.1 Å². The van der Waals surface area contributed by atoms with Crippen LogP contribution in [0.15, 0.2) is 61.1 Å². The summed E-state index contributed by atoms with van der Waals surface area (Å²) in [4.78, 5) is 19.3. The van der Waals surface area contributed by atoms with Crippen LogP contribution in [-0.4, -0.2) is 41.9 Å². The molecule has 0 fully saturated rings. The number of nitrogens with zero attached hydrogens (tertiary/aromatic N) is 6. The first kappa shape index (κ1) is 19.2. The van der Waals surface area contributed by atoms with Crippen molar-refractivity contribution in [3.8, 4) is 5.69 Å². The summed E-state index contributed by atoms with van der Waals surface area (Å²) in [6.07, 6.45) is 3.35. The smallest absolute Gasteiger partial charge is 0.293 e. The van der Waals surface area contributed by atoms with Gasteiger partial charge in [-0.1, -0.05) is 24.3 Å². The lowest BCUT2D eigenvalue weighted by atomic mass is 9.85. The summed E-state index contributed by atoms with van der Waals surface area (Å²) >= 11 is 0. The predicted octanol–water partition coefficient (Wildman–Crippen LogP) is 3.24. The molecule has 31 heavy (non-hydrogen) atoms. The summed E-state index contributed by atoms with van der Waals surface area (Å²) in [7, 11) is 1.92. The molecule has 4 aromatic rings. The first-order chi connectivity index (χ1) is 15.0. The standard InChI is InChI=1S/C23H21FN6O/c1-15-20(11-26-28(15)2)21-13-29(12-16-5-3-4-6-19(16)21)23(31)22-25-14-30(27-22)18-9-7-17(24)8-10-18/h3-11,14,21H,12-13H2,1-2H3. The fourth-order valence-electron chi connectivity index (χ4n) is 4.11. The summed E-state index contributed by atoms with van der Waals surface area (Å²) in [6.45, 7) is 3.06. The van der Waals surface area contributed by atoms with Gasteiger partial charge < -0.3 is 4.90 Å². The molecule has 2 aromatic heterocycles. The van der Waals surface area contributed by atoms with Crippen molar-refractivity contribution >= 4 is 5.91 Å². The summed E-state index contributed by atoms with van der Waals surface area (Å²) in [5, 5.41) is 8.73. The number of fused-ring (bicyclic) bond motifs is 1. The maximum Gasteiger partial charge on any atom is 0.293 e. The van der Waals surface area contributed by atoms with Crippen molar-refractivity contribution in [1.29, 1.82) is 0 Å². The summed E-state index contributed by atoms with van der Waals surface area (Å²) in [6, 6.07) is 14.1. The van der Waals surface area contributed by atoms with Crippen LogP contribution in [0.25, 0.3) is 5.69 Å².